The first kappa shape index (κ1) is 11.1. The molecule has 1 aromatic carbocycles. The maximum atomic E-state index is 10.4. The minimum absolute atomic E-state index is 0.0289. The number of nitrogens with zero attached hydrogens (tertiary/aromatic N) is 2. The van der Waals surface area contributed by atoms with E-state index in [1.807, 2.05) is 0 Å². The van der Waals surface area contributed by atoms with Crippen molar-refractivity contribution in [3.8, 4) is 0 Å². The third-order valence-corrected chi connectivity index (χ3v) is 2.38. The van der Waals surface area contributed by atoms with Crippen molar-refractivity contribution >= 4 is 21.6 Å². The van der Waals surface area contributed by atoms with Gasteiger partial charge in [0.2, 0.25) is 0 Å². The summed E-state index contributed by atoms with van der Waals surface area (Å²) in [6.07, 6.45) is 0. The highest BCUT2D eigenvalue weighted by atomic mass is 79.9. The molecule has 5 nitrogen and oxygen atoms in total. The molecule has 0 aliphatic rings. The second kappa shape index (κ2) is 4.50. The molecule has 0 atom stereocenters. The minimum Gasteiger partial charge on any atom is -0.314 e. The average Bonchev–Trinajstić information content (AvgIpc) is 2.07. The van der Waals surface area contributed by atoms with Gasteiger partial charge in [-0.1, -0.05) is 15.9 Å². The maximum absolute atomic E-state index is 10.4. The summed E-state index contributed by atoms with van der Waals surface area (Å²) in [7, 11) is 1.51. The summed E-state index contributed by atoms with van der Waals surface area (Å²) in [6, 6.07) is 4.43. The molecule has 1 N–H and O–H groups in total. The van der Waals surface area contributed by atoms with Crippen LogP contribution < -0.4 is 0 Å². The topological polar surface area (TPSA) is 66.6 Å². The molecule has 0 spiro atoms. The highest BCUT2D eigenvalue weighted by Gasteiger charge is 2.09. The lowest BCUT2D eigenvalue weighted by Crippen LogP contribution is -2.12. The zero-order valence-corrected chi connectivity index (χ0v) is 9.06. The van der Waals surface area contributed by atoms with Crippen molar-refractivity contribution in [3.05, 3.63) is 38.3 Å². The van der Waals surface area contributed by atoms with Crippen molar-refractivity contribution < 1.29 is 10.1 Å². The number of rotatable bonds is 3. The first-order valence-electron chi connectivity index (χ1n) is 3.83. The molecule has 6 heteroatoms. The number of hydroxylamine groups is 2. The lowest BCUT2D eigenvalue weighted by atomic mass is 10.2. The van der Waals surface area contributed by atoms with E-state index in [0.717, 1.165) is 10.6 Å². The van der Waals surface area contributed by atoms with Crippen LogP contribution in [0.25, 0.3) is 0 Å². The van der Waals surface area contributed by atoms with Gasteiger partial charge in [-0.2, -0.15) is 5.06 Å². The molecular weight excluding hydrogens is 252 g/mol. The van der Waals surface area contributed by atoms with Gasteiger partial charge in [0, 0.05) is 30.2 Å². The van der Waals surface area contributed by atoms with Crippen LogP contribution in [0.2, 0.25) is 0 Å². The van der Waals surface area contributed by atoms with Gasteiger partial charge in [-0.25, -0.2) is 0 Å². The molecule has 1 aromatic rings. The molecule has 0 bridgehead atoms. The van der Waals surface area contributed by atoms with Gasteiger partial charge in [0.05, 0.1) is 4.92 Å². The van der Waals surface area contributed by atoms with Crippen LogP contribution in [0.15, 0.2) is 22.7 Å². The van der Waals surface area contributed by atoms with E-state index in [0.29, 0.717) is 11.0 Å². The average molecular weight is 261 g/mol. The van der Waals surface area contributed by atoms with Gasteiger partial charge in [-0.3, -0.25) is 10.1 Å². The number of non-ortho nitro benzene ring substituents is 1. The lowest BCUT2D eigenvalue weighted by molar-refractivity contribution is -0.385. The van der Waals surface area contributed by atoms with E-state index >= 15 is 0 Å². The van der Waals surface area contributed by atoms with Crippen molar-refractivity contribution in [3.63, 3.8) is 0 Å². The Balaban J connectivity index is 2.95. The maximum Gasteiger partial charge on any atom is 0.270 e. The van der Waals surface area contributed by atoms with E-state index in [4.69, 9.17) is 5.21 Å². The van der Waals surface area contributed by atoms with Crippen molar-refractivity contribution in [1.82, 2.24) is 5.06 Å². The van der Waals surface area contributed by atoms with Crippen LogP contribution in [-0.4, -0.2) is 22.2 Å². The normalized spacial score (nSPS) is 10.6. The van der Waals surface area contributed by atoms with Gasteiger partial charge in [-0.05, 0) is 11.6 Å². The van der Waals surface area contributed by atoms with E-state index in [9.17, 15) is 10.1 Å². The van der Waals surface area contributed by atoms with Gasteiger partial charge >= 0.3 is 0 Å². The van der Waals surface area contributed by atoms with Crippen molar-refractivity contribution in [1.29, 1.82) is 0 Å². The van der Waals surface area contributed by atoms with Crippen LogP contribution in [0.4, 0.5) is 5.69 Å². The summed E-state index contributed by atoms with van der Waals surface area (Å²) in [5.74, 6) is 0. The number of hydrogen-bond acceptors (Lipinski definition) is 4. The van der Waals surface area contributed by atoms with Gasteiger partial charge in [-0.15, -0.1) is 0 Å². The van der Waals surface area contributed by atoms with Crippen LogP contribution in [0.1, 0.15) is 5.56 Å². The van der Waals surface area contributed by atoms with Crippen molar-refractivity contribution in [2.45, 2.75) is 6.54 Å². The number of nitro benzene ring substituents is 1. The Labute approximate surface area is 89.2 Å². The molecule has 0 unspecified atom stereocenters. The van der Waals surface area contributed by atoms with Crippen molar-refractivity contribution in [2.24, 2.45) is 0 Å². The minimum atomic E-state index is -0.461. The lowest BCUT2D eigenvalue weighted by Gasteiger charge is -2.09. The molecule has 0 aliphatic heterocycles. The van der Waals surface area contributed by atoms with Gasteiger partial charge in [0.25, 0.3) is 5.69 Å². The predicted molar refractivity (Wildman–Crippen MR) is 54.0 cm³/mol. The summed E-state index contributed by atoms with van der Waals surface area (Å²) in [6.45, 7) is 0.318. The summed E-state index contributed by atoms with van der Waals surface area (Å²) >= 11 is 3.20. The van der Waals surface area contributed by atoms with Gasteiger partial charge in [0.15, 0.2) is 0 Å². The highest BCUT2D eigenvalue weighted by molar-refractivity contribution is 9.10. The zero-order valence-electron chi connectivity index (χ0n) is 7.48. The Hall–Kier alpha value is -0.980. The fourth-order valence-corrected chi connectivity index (χ4v) is 1.52. The largest absolute Gasteiger partial charge is 0.314 e. The molecule has 14 heavy (non-hydrogen) atoms. The fourth-order valence-electron chi connectivity index (χ4n) is 1.02. The van der Waals surface area contributed by atoms with Gasteiger partial charge in [0.1, 0.15) is 0 Å². The SMILES string of the molecule is CN(O)Cc1ccc([N+](=O)[O-])cc1Br. The summed E-state index contributed by atoms with van der Waals surface area (Å²) in [5.41, 5.74) is 0.821. The van der Waals surface area contributed by atoms with Crippen molar-refractivity contribution in [2.75, 3.05) is 7.05 Å². The standard InChI is InChI=1S/C8H9BrN2O3/c1-10(12)5-6-2-3-7(11(13)14)4-8(6)9/h2-4,12H,5H2,1H3. The smallest absolute Gasteiger partial charge is 0.270 e. The van der Waals surface area contributed by atoms with Crippen LogP contribution >= 0.6 is 15.9 Å². The first-order chi connectivity index (χ1) is 6.50. The van der Waals surface area contributed by atoms with Crippen LogP contribution in [0, 0.1) is 10.1 Å². The number of benzene rings is 1. The molecule has 0 fully saturated rings. The highest BCUT2D eigenvalue weighted by Crippen LogP contribution is 2.23. The van der Waals surface area contributed by atoms with Crippen LogP contribution in [-0.2, 0) is 6.54 Å². The van der Waals surface area contributed by atoms with E-state index in [-0.39, 0.29) is 5.69 Å². The zero-order chi connectivity index (χ0) is 10.7. The summed E-state index contributed by atoms with van der Waals surface area (Å²) in [4.78, 5) is 9.95. The quantitative estimate of drug-likeness (QED) is 0.668. The molecule has 0 aliphatic carbocycles. The third kappa shape index (κ3) is 2.76. The monoisotopic (exact) mass is 260 g/mol. The Morgan fingerprint density at radius 2 is 2.29 bits per heavy atom. The van der Waals surface area contributed by atoms with Crippen LogP contribution in [0.5, 0.6) is 0 Å². The molecule has 0 saturated carbocycles. The number of nitro groups is 1. The molecule has 0 radical (unpaired) electrons. The van der Waals surface area contributed by atoms with Gasteiger partial charge < -0.3 is 5.21 Å². The predicted octanol–water partition coefficient (Wildman–Crippen LogP) is 2.18. The van der Waals surface area contributed by atoms with Crippen LogP contribution in [0.3, 0.4) is 0 Å². The Morgan fingerprint density at radius 1 is 1.64 bits per heavy atom. The Bertz CT molecular complexity index is 354. The molecule has 0 aromatic heterocycles. The number of hydrogen-bond donors (Lipinski definition) is 1. The third-order valence-electron chi connectivity index (χ3n) is 1.65. The van der Waals surface area contributed by atoms with E-state index in [1.165, 1.54) is 19.2 Å². The number of halogens is 1. The molecule has 0 amide bonds. The van der Waals surface area contributed by atoms with E-state index in [1.54, 1.807) is 6.07 Å². The Morgan fingerprint density at radius 3 is 2.71 bits per heavy atom. The summed E-state index contributed by atoms with van der Waals surface area (Å²) in [5, 5.41) is 20.4. The first-order valence-corrected chi connectivity index (χ1v) is 4.63. The molecule has 0 saturated heterocycles. The van der Waals surface area contributed by atoms with E-state index < -0.39 is 4.92 Å². The second-order valence-corrected chi connectivity index (χ2v) is 3.70. The molecule has 0 heterocycles. The molecular formula is C8H9BrN2O3. The second-order valence-electron chi connectivity index (χ2n) is 2.85. The fraction of sp³-hybridized carbons (Fsp3) is 0.250. The summed E-state index contributed by atoms with van der Waals surface area (Å²) < 4.78 is 0.618. The molecule has 1 rings (SSSR count). The van der Waals surface area contributed by atoms with E-state index in [2.05, 4.69) is 15.9 Å². The Kier molecular flexibility index (Phi) is 3.56. The molecule has 76 valence electrons.